The zero-order chi connectivity index (χ0) is 28.4. The van der Waals surface area contributed by atoms with Crippen molar-refractivity contribution in [3.8, 4) is 0 Å². The number of nitrogens with zero attached hydrogens (tertiary/aromatic N) is 3. The van der Waals surface area contributed by atoms with Gasteiger partial charge in [0.15, 0.2) is 0 Å². The number of carbonyl (C=O) groups excluding carboxylic acids is 1. The zero-order valence-electron chi connectivity index (χ0n) is 21.4. The number of fused-ring (bicyclic) bond motifs is 2. The molecule has 0 unspecified atom stereocenters. The van der Waals surface area contributed by atoms with Crippen molar-refractivity contribution >= 4 is 49.3 Å². The highest BCUT2D eigenvalue weighted by Gasteiger charge is 2.29. The molecule has 3 aromatic carbocycles. The van der Waals surface area contributed by atoms with E-state index in [1.807, 2.05) is 35.3 Å². The highest BCUT2D eigenvalue weighted by molar-refractivity contribution is 7.93. The van der Waals surface area contributed by atoms with Gasteiger partial charge in [-0.05, 0) is 42.0 Å². The van der Waals surface area contributed by atoms with Gasteiger partial charge in [0.2, 0.25) is 0 Å². The number of carbonyl (C=O) groups is 1. The van der Waals surface area contributed by atoms with Gasteiger partial charge in [-0.25, -0.2) is 13.9 Å². The summed E-state index contributed by atoms with van der Waals surface area (Å²) in [4.78, 5) is 16.4. The minimum absolute atomic E-state index is 0.0573. The van der Waals surface area contributed by atoms with Crippen molar-refractivity contribution < 1.29 is 23.6 Å². The summed E-state index contributed by atoms with van der Waals surface area (Å²) in [7, 11) is -2.36. The number of amidine groups is 1. The number of hydrogen-bond donors (Lipinski definition) is 5. The maximum absolute atomic E-state index is 13.9. The van der Waals surface area contributed by atoms with Gasteiger partial charge < -0.3 is 4.57 Å². The molecule has 5 aromatic rings. The summed E-state index contributed by atoms with van der Waals surface area (Å²) in [6.07, 6.45) is 2.07. The predicted molar refractivity (Wildman–Crippen MR) is 150 cm³/mol. The molecule has 0 saturated heterocycles. The Morgan fingerprint density at radius 3 is 2.45 bits per heavy atom. The molecule has 0 spiro atoms. The fraction of sp³-hybridized carbons (Fsp3) is 0.107. The Hall–Kier alpha value is -4.78. The van der Waals surface area contributed by atoms with Crippen molar-refractivity contribution in [3.05, 3.63) is 102 Å². The number of sulfonamides is 1. The van der Waals surface area contributed by atoms with Crippen LogP contribution < -0.4 is 15.3 Å². The number of rotatable bonds is 8. The number of hydrogen-bond acceptors (Lipinski definition) is 7. The van der Waals surface area contributed by atoms with Gasteiger partial charge in [-0.3, -0.25) is 35.4 Å². The van der Waals surface area contributed by atoms with Gasteiger partial charge in [0.05, 0.1) is 11.2 Å². The highest BCUT2D eigenvalue weighted by Crippen LogP contribution is 2.31. The number of pyridine rings is 1. The number of anilines is 1. The minimum Gasteiger partial charge on any atom is -0.347 e. The smallest absolute Gasteiger partial charge is 0.266 e. The van der Waals surface area contributed by atoms with Crippen LogP contribution in [0.5, 0.6) is 0 Å². The summed E-state index contributed by atoms with van der Waals surface area (Å²) in [5, 5.41) is 27.2. The van der Waals surface area contributed by atoms with Crippen LogP contribution in [0.15, 0.2) is 90.0 Å². The van der Waals surface area contributed by atoms with Crippen LogP contribution in [0.2, 0.25) is 0 Å². The molecular weight excluding hydrogens is 532 g/mol. The Kier molecular flexibility index (Phi) is 7.22. The third-order valence-electron chi connectivity index (χ3n) is 6.73. The summed E-state index contributed by atoms with van der Waals surface area (Å²) in [6.45, 7) is -0.642. The summed E-state index contributed by atoms with van der Waals surface area (Å²) in [6, 6.07) is 22.5. The first-order chi connectivity index (χ1) is 19.2. The average molecular weight is 559 g/mol. The molecule has 0 bridgehead atoms. The molecule has 5 N–H and O–H groups in total. The molecular formula is C28H26N6O5S. The van der Waals surface area contributed by atoms with Crippen LogP contribution in [0, 0.1) is 5.41 Å². The van der Waals surface area contributed by atoms with Crippen LogP contribution in [0.1, 0.15) is 16.8 Å². The Bertz CT molecular complexity index is 1850. The molecule has 0 fully saturated rings. The summed E-state index contributed by atoms with van der Waals surface area (Å²) < 4.78 is 30.8. The van der Waals surface area contributed by atoms with E-state index in [9.17, 15) is 18.4 Å². The van der Waals surface area contributed by atoms with Gasteiger partial charge in [0, 0.05) is 47.2 Å². The van der Waals surface area contributed by atoms with Crippen molar-refractivity contribution in [2.24, 2.45) is 7.05 Å². The lowest BCUT2D eigenvalue weighted by Crippen LogP contribution is -2.40. The number of aromatic nitrogens is 2. The maximum atomic E-state index is 13.9. The third kappa shape index (κ3) is 4.98. The third-order valence-corrected chi connectivity index (χ3v) is 8.53. The zero-order valence-corrected chi connectivity index (χ0v) is 22.2. The van der Waals surface area contributed by atoms with Crippen LogP contribution in [-0.2, 0) is 28.3 Å². The minimum atomic E-state index is -4.27. The second kappa shape index (κ2) is 10.8. The molecule has 2 heterocycles. The van der Waals surface area contributed by atoms with Crippen molar-refractivity contribution in [1.29, 1.82) is 5.41 Å². The number of nitrogens with one attached hydrogen (secondary N) is 3. The van der Waals surface area contributed by atoms with Crippen molar-refractivity contribution in [2.45, 2.75) is 11.3 Å². The molecule has 0 atom stereocenters. The normalized spacial score (nSPS) is 11.5. The lowest BCUT2D eigenvalue weighted by molar-refractivity contribution is -0.127. The van der Waals surface area contributed by atoms with E-state index in [2.05, 4.69) is 4.98 Å². The molecule has 0 aliphatic rings. The maximum Gasteiger partial charge on any atom is 0.266 e. The lowest BCUT2D eigenvalue weighted by Gasteiger charge is -2.24. The quantitative estimate of drug-likeness (QED) is 0.0845. The molecule has 0 aliphatic heterocycles. The highest BCUT2D eigenvalue weighted by atomic mass is 32.2. The van der Waals surface area contributed by atoms with Crippen molar-refractivity contribution in [2.75, 3.05) is 10.8 Å². The number of amides is 1. The number of benzene rings is 3. The molecule has 5 rings (SSSR count). The predicted octanol–water partition coefficient (Wildman–Crippen LogP) is 3.32. The van der Waals surface area contributed by atoms with Crippen molar-refractivity contribution in [3.63, 3.8) is 0 Å². The van der Waals surface area contributed by atoms with Crippen LogP contribution in [0.4, 0.5) is 5.69 Å². The first-order valence-electron chi connectivity index (χ1n) is 12.2. The molecule has 0 aliphatic carbocycles. The Labute approximate surface area is 229 Å². The Morgan fingerprint density at radius 1 is 0.975 bits per heavy atom. The molecule has 11 nitrogen and oxygen atoms in total. The first-order valence-corrected chi connectivity index (χ1v) is 13.6. The van der Waals surface area contributed by atoms with Gasteiger partial charge >= 0.3 is 0 Å². The van der Waals surface area contributed by atoms with Gasteiger partial charge in [-0.1, -0.05) is 42.5 Å². The van der Waals surface area contributed by atoms with Crippen LogP contribution in [0.3, 0.4) is 0 Å². The molecule has 0 saturated carbocycles. The van der Waals surface area contributed by atoms with E-state index in [0.717, 1.165) is 26.5 Å². The SMILES string of the molecule is Cn1c(Cc2ccc(C(=N)NO)cc2)cc2cc(N(CC(=O)NO)S(=O)(=O)c3cccc4cccnc34)ccc21. The van der Waals surface area contributed by atoms with Gasteiger partial charge in [-0.15, -0.1) is 0 Å². The van der Waals surface area contributed by atoms with Crippen LogP contribution >= 0.6 is 0 Å². The number of para-hydroxylation sites is 1. The molecule has 12 heteroatoms. The molecule has 40 heavy (non-hydrogen) atoms. The molecule has 204 valence electrons. The average Bonchev–Trinajstić information content (AvgIpc) is 3.29. The largest absolute Gasteiger partial charge is 0.347 e. The summed E-state index contributed by atoms with van der Waals surface area (Å²) >= 11 is 0. The fourth-order valence-electron chi connectivity index (χ4n) is 4.67. The van der Waals surface area contributed by atoms with E-state index in [-0.39, 0.29) is 21.9 Å². The van der Waals surface area contributed by atoms with E-state index in [4.69, 9.17) is 10.6 Å². The van der Waals surface area contributed by atoms with Gasteiger partial charge in [0.1, 0.15) is 17.3 Å². The van der Waals surface area contributed by atoms with Crippen LogP contribution in [-0.4, -0.2) is 46.7 Å². The van der Waals surface area contributed by atoms with E-state index in [1.165, 1.54) is 17.7 Å². The second-order valence-corrected chi connectivity index (χ2v) is 11.0. The second-order valence-electron chi connectivity index (χ2n) is 9.18. The molecule has 0 radical (unpaired) electrons. The van der Waals surface area contributed by atoms with E-state index in [1.54, 1.807) is 54.6 Å². The van der Waals surface area contributed by atoms with Gasteiger partial charge in [0.25, 0.3) is 15.9 Å². The Morgan fingerprint density at radius 2 is 1.73 bits per heavy atom. The lowest BCUT2D eigenvalue weighted by atomic mass is 10.1. The molecule has 1 amide bonds. The number of hydroxylamine groups is 2. The standard InChI is InChI=1S/C28H26N6O5S/c1-33-23(14-18-7-9-20(10-8-18)28(29)32-37)16-21-15-22(11-12-24(21)33)34(17-26(35)31-36)40(38,39)25-6-2-4-19-5-3-13-30-27(19)25/h2-13,15-16,36-37H,14,17H2,1H3,(H2,29,32)(H,31,35). The first kappa shape index (κ1) is 26.8. The number of aryl methyl sites for hydroxylation is 1. The van der Waals surface area contributed by atoms with E-state index >= 15 is 0 Å². The van der Waals surface area contributed by atoms with Crippen LogP contribution in [0.25, 0.3) is 21.8 Å². The fourth-order valence-corrected chi connectivity index (χ4v) is 6.25. The van der Waals surface area contributed by atoms with E-state index < -0.39 is 22.5 Å². The summed E-state index contributed by atoms with van der Waals surface area (Å²) in [5.74, 6) is -0.990. The van der Waals surface area contributed by atoms with E-state index in [0.29, 0.717) is 17.4 Å². The molecule has 2 aromatic heterocycles. The Balaban J connectivity index is 1.54. The van der Waals surface area contributed by atoms with Gasteiger partial charge in [-0.2, -0.15) is 0 Å². The monoisotopic (exact) mass is 558 g/mol. The summed E-state index contributed by atoms with van der Waals surface area (Å²) in [5.41, 5.74) is 7.21. The van der Waals surface area contributed by atoms with Crippen molar-refractivity contribution in [1.82, 2.24) is 20.5 Å². The topological polar surface area (TPSA) is 161 Å².